The maximum absolute atomic E-state index is 12.4. The van der Waals surface area contributed by atoms with E-state index in [-0.39, 0.29) is 17.9 Å². The molecule has 0 saturated carbocycles. The lowest BCUT2D eigenvalue weighted by Gasteiger charge is -2.33. The van der Waals surface area contributed by atoms with Gasteiger partial charge in [-0.15, -0.1) is 0 Å². The minimum absolute atomic E-state index is 0.0974. The molecule has 0 aliphatic carbocycles. The van der Waals surface area contributed by atoms with Crippen molar-refractivity contribution in [2.45, 2.75) is 12.1 Å². The fourth-order valence-corrected chi connectivity index (χ4v) is 3.39. The third-order valence-corrected chi connectivity index (χ3v) is 4.26. The minimum Gasteiger partial charge on any atom is -0.495 e. The van der Waals surface area contributed by atoms with Crippen LogP contribution in [0.5, 0.6) is 5.75 Å². The lowest BCUT2D eigenvalue weighted by molar-refractivity contribution is -0.116. The van der Waals surface area contributed by atoms with Crippen molar-refractivity contribution < 1.29 is 9.53 Å². The first-order chi connectivity index (χ1) is 10.3. The number of ketones is 1. The van der Waals surface area contributed by atoms with Crippen LogP contribution in [0.15, 0.2) is 60.7 Å². The van der Waals surface area contributed by atoms with Crippen LogP contribution in [0.25, 0.3) is 0 Å². The van der Waals surface area contributed by atoms with Crippen LogP contribution >= 0.6 is 0 Å². The number of fused-ring (bicyclic) bond motifs is 5. The molecule has 2 heterocycles. The minimum atomic E-state index is -0.243. The van der Waals surface area contributed by atoms with E-state index >= 15 is 0 Å². The molecule has 4 rings (SSSR count). The molecule has 2 aliphatic heterocycles. The van der Waals surface area contributed by atoms with Gasteiger partial charge in [0.05, 0.1) is 18.8 Å². The van der Waals surface area contributed by atoms with Gasteiger partial charge in [0, 0.05) is 0 Å². The first-order valence-corrected chi connectivity index (χ1v) is 7.03. The van der Waals surface area contributed by atoms with E-state index < -0.39 is 0 Å². The Kier molecular flexibility index (Phi) is 2.61. The highest BCUT2D eigenvalue weighted by Gasteiger charge is 2.43. The summed E-state index contributed by atoms with van der Waals surface area (Å²) in [5.74, 6) is 0.922. The molecular weight excluding hydrogens is 262 g/mol. The molecule has 0 spiro atoms. The highest BCUT2D eigenvalue weighted by molar-refractivity contribution is 6.01. The first-order valence-electron chi connectivity index (χ1n) is 7.03. The second kappa shape index (κ2) is 4.48. The number of anilines is 1. The van der Waals surface area contributed by atoms with E-state index in [1.165, 1.54) is 5.56 Å². The Bertz CT molecular complexity index is 750. The zero-order valence-corrected chi connectivity index (χ0v) is 11.7. The molecule has 3 heteroatoms. The summed E-state index contributed by atoms with van der Waals surface area (Å²) in [6.07, 6.45) is 3.69. The number of ether oxygens (including phenoxy) is 1. The lowest BCUT2D eigenvalue weighted by atomic mass is 10.0. The normalized spacial score (nSPS) is 22.3. The first kappa shape index (κ1) is 12.2. The Balaban J connectivity index is 1.92. The SMILES string of the molecule is COc1ccccc1N1[C@@H]2C(=O)C=C[C@H]1c1ccccc12. The highest BCUT2D eigenvalue weighted by Crippen LogP contribution is 2.50. The summed E-state index contributed by atoms with van der Waals surface area (Å²) >= 11 is 0. The molecule has 0 aromatic heterocycles. The largest absolute Gasteiger partial charge is 0.495 e. The van der Waals surface area contributed by atoms with Gasteiger partial charge >= 0.3 is 0 Å². The van der Waals surface area contributed by atoms with Gasteiger partial charge in [-0.1, -0.05) is 42.5 Å². The summed E-state index contributed by atoms with van der Waals surface area (Å²) < 4.78 is 5.48. The summed E-state index contributed by atoms with van der Waals surface area (Å²) in [7, 11) is 1.66. The van der Waals surface area contributed by atoms with Gasteiger partial charge in [0.25, 0.3) is 0 Å². The van der Waals surface area contributed by atoms with Gasteiger partial charge in [0.1, 0.15) is 11.8 Å². The molecule has 0 N–H and O–H groups in total. The van der Waals surface area contributed by atoms with Gasteiger partial charge in [-0.25, -0.2) is 0 Å². The molecule has 3 nitrogen and oxygen atoms in total. The van der Waals surface area contributed by atoms with E-state index in [0.717, 1.165) is 17.0 Å². The van der Waals surface area contributed by atoms with Crippen LogP contribution in [0.2, 0.25) is 0 Å². The van der Waals surface area contributed by atoms with E-state index in [1.807, 2.05) is 48.5 Å². The molecule has 2 bridgehead atoms. The maximum atomic E-state index is 12.4. The van der Waals surface area contributed by atoms with Crippen LogP contribution in [0.3, 0.4) is 0 Å². The average molecular weight is 277 g/mol. The summed E-state index contributed by atoms with van der Waals surface area (Å²) in [4.78, 5) is 14.6. The number of benzene rings is 2. The molecule has 104 valence electrons. The van der Waals surface area contributed by atoms with Crippen molar-refractivity contribution >= 4 is 11.5 Å². The van der Waals surface area contributed by atoms with Crippen LogP contribution in [0.1, 0.15) is 23.2 Å². The summed E-state index contributed by atoms with van der Waals surface area (Å²) in [6.45, 7) is 0. The number of hydrogen-bond acceptors (Lipinski definition) is 3. The lowest BCUT2D eigenvalue weighted by Crippen LogP contribution is -2.33. The van der Waals surface area contributed by atoms with Crippen LogP contribution in [0.4, 0.5) is 5.69 Å². The number of methoxy groups -OCH3 is 1. The number of carbonyl (C=O) groups is 1. The van der Waals surface area contributed by atoms with Gasteiger partial charge in [-0.3, -0.25) is 4.79 Å². The van der Waals surface area contributed by atoms with Crippen molar-refractivity contribution in [1.29, 1.82) is 0 Å². The standard InChI is InChI=1S/C18H15NO2/c1-21-17-9-5-4-8-15(17)19-14-10-11-16(20)18(19)13-7-3-2-6-12(13)14/h2-11,14,18H,1H3/t14-,18-/m0/s1. The van der Waals surface area contributed by atoms with Gasteiger partial charge < -0.3 is 9.64 Å². The topological polar surface area (TPSA) is 29.5 Å². The van der Waals surface area contributed by atoms with Crippen molar-refractivity contribution in [3.8, 4) is 5.75 Å². The van der Waals surface area contributed by atoms with Gasteiger partial charge in [0.15, 0.2) is 5.78 Å². The Hall–Kier alpha value is -2.55. The predicted molar refractivity (Wildman–Crippen MR) is 81.5 cm³/mol. The second-order valence-corrected chi connectivity index (χ2v) is 5.32. The third-order valence-electron chi connectivity index (χ3n) is 4.26. The summed E-state index contributed by atoms with van der Waals surface area (Å²) in [6, 6.07) is 15.9. The van der Waals surface area contributed by atoms with Crippen molar-refractivity contribution in [3.05, 3.63) is 71.8 Å². The Morgan fingerprint density at radius 3 is 2.52 bits per heavy atom. The van der Waals surface area contributed by atoms with E-state index in [9.17, 15) is 4.79 Å². The molecule has 2 atom stereocenters. The number of rotatable bonds is 2. The Labute approximate surface area is 123 Å². The molecule has 0 radical (unpaired) electrons. The number of nitrogens with zero attached hydrogens (tertiary/aromatic N) is 1. The fourth-order valence-electron chi connectivity index (χ4n) is 3.39. The molecule has 2 aliphatic rings. The van der Waals surface area contributed by atoms with E-state index in [2.05, 4.69) is 11.0 Å². The summed E-state index contributed by atoms with van der Waals surface area (Å²) in [5, 5.41) is 0. The number of para-hydroxylation sites is 2. The van der Waals surface area contributed by atoms with Crippen LogP contribution in [-0.2, 0) is 4.79 Å². The molecule has 2 aromatic carbocycles. The van der Waals surface area contributed by atoms with E-state index in [4.69, 9.17) is 4.74 Å². The fraction of sp³-hybridized carbons (Fsp3) is 0.167. The van der Waals surface area contributed by atoms with Crippen LogP contribution < -0.4 is 9.64 Å². The van der Waals surface area contributed by atoms with Crippen molar-refractivity contribution in [2.24, 2.45) is 0 Å². The molecule has 0 amide bonds. The van der Waals surface area contributed by atoms with Gasteiger partial charge in [0.2, 0.25) is 0 Å². The third kappa shape index (κ3) is 1.64. The quantitative estimate of drug-likeness (QED) is 0.842. The van der Waals surface area contributed by atoms with Gasteiger partial charge in [-0.2, -0.15) is 0 Å². The van der Waals surface area contributed by atoms with Gasteiger partial charge in [-0.05, 0) is 29.3 Å². The zero-order chi connectivity index (χ0) is 14.4. The molecular formula is C18H15NO2. The molecule has 0 unspecified atom stereocenters. The Morgan fingerprint density at radius 1 is 1.00 bits per heavy atom. The molecule has 2 aromatic rings. The Morgan fingerprint density at radius 2 is 1.71 bits per heavy atom. The molecule has 0 saturated heterocycles. The molecule has 21 heavy (non-hydrogen) atoms. The monoisotopic (exact) mass is 277 g/mol. The number of carbonyl (C=O) groups excluding carboxylic acids is 1. The smallest absolute Gasteiger partial charge is 0.182 e. The van der Waals surface area contributed by atoms with Crippen molar-refractivity contribution in [2.75, 3.05) is 12.0 Å². The maximum Gasteiger partial charge on any atom is 0.182 e. The predicted octanol–water partition coefficient (Wildman–Crippen LogP) is 3.44. The summed E-state index contributed by atoms with van der Waals surface area (Å²) in [5.41, 5.74) is 3.27. The van der Waals surface area contributed by atoms with E-state index in [1.54, 1.807) is 13.2 Å². The average Bonchev–Trinajstić information content (AvgIpc) is 2.79. The van der Waals surface area contributed by atoms with E-state index in [0.29, 0.717) is 0 Å². The zero-order valence-electron chi connectivity index (χ0n) is 11.7. The highest BCUT2D eigenvalue weighted by atomic mass is 16.5. The van der Waals surface area contributed by atoms with Crippen LogP contribution in [-0.4, -0.2) is 12.9 Å². The van der Waals surface area contributed by atoms with Crippen molar-refractivity contribution in [3.63, 3.8) is 0 Å². The van der Waals surface area contributed by atoms with Crippen LogP contribution in [0, 0.1) is 0 Å². The van der Waals surface area contributed by atoms with Crippen molar-refractivity contribution in [1.82, 2.24) is 0 Å². The number of hydrogen-bond donors (Lipinski definition) is 0. The second-order valence-electron chi connectivity index (χ2n) is 5.32. The molecule has 0 fully saturated rings.